The van der Waals surface area contributed by atoms with Gasteiger partial charge in [0, 0.05) is 12.4 Å². The molecule has 1 aromatic rings. The van der Waals surface area contributed by atoms with E-state index in [2.05, 4.69) is 4.98 Å². The van der Waals surface area contributed by atoms with Gasteiger partial charge in [-0.25, -0.2) is 0 Å². The second-order valence-electron chi connectivity index (χ2n) is 2.38. The van der Waals surface area contributed by atoms with Gasteiger partial charge in [0.05, 0.1) is 5.02 Å². The van der Waals surface area contributed by atoms with Gasteiger partial charge in [0.25, 0.3) is 0 Å². The van der Waals surface area contributed by atoms with Crippen molar-refractivity contribution in [2.45, 2.75) is 6.32 Å². The Morgan fingerprint density at radius 3 is 2.46 bits per heavy atom. The third-order valence-electron chi connectivity index (χ3n) is 1.31. The third-order valence-corrected chi connectivity index (χ3v) is 1.65. The van der Waals surface area contributed by atoms with Gasteiger partial charge in [0.1, 0.15) is 0 Å². The van der Waals surface area contributed by atoms with E-state index in [1.54, 1.807) is 0 Å². The van der Waals surface area contributed by atoms with Crippen molar-refractivity contribution in [1.82, 2.24) is 4.98 Å². The number of rotatable bonds is 2. The van der Waals surface area contributed by atoms with Crippen LogP contribution in [0.3, 0.4) is 0 Å². The van der Waals surface area contributed by atoms with E-state index < -0.39 is 13.3 Å². The zero-order chi connectivity index (χ0) is 9.19. The van der Waals surface area contributed by atoms with Crippen LogP contribution in [0.25, 0.3) is 0 Å². The van der Waals surface area contributed by atoms with Gasteiger partial charge < -0.3 is 12.9 Å². The largest absolute Gasteiger partial charge is 1.00 e. The van der Waals surface area contributed by atoms with Crippen molar-refractivity contribution >= 4 is 18.6 Å². The van der Waals surface area contributed by atoms with Gasteiger partial charge >= 0.3 is 58.4 Å². The summed E-state index contributed by atoms with van der Waals surface area (Å²) in [4.78, 5) is 3.58. The molecule has 0 N–H and O–H groups in total. The zero-order valence-corrected chi connectivity index (χ0v) is 10.9. The van der Waals surface area contributed by atoms with Crippen molar-refractivity contribution in [3.05, 3.63) is 29.0 Å². The molecule has 0 spiro atoms. The molecule has 0 aromatic carbocycles. The fraction of sp³-hybridized carbons (Fsp3) is 0.167. The number of halogens is 4. The quantitative estimate of drug-likeness (QED) is 0.638. The van der Waals surface area contributed by atoms with Crippen molar-refractivity contribution in [3.63, 3.8) is 0 Å². The van der Waals surface area contributed by atoms with Crippen LogP contribution in [0.2, 0.25) is 5.02 Å². The molecule has 1 rings (SSSR count). The molecule has 0 amide bonds. The number of hydrogen-bond donors (Lipinski definition) is 0. The topological polar surface area (TPSA) is 12.9 Å². The van der Waals surface area contributed by atoms with Gasteiger partial charge in [-0.15, -0.1) is 0 Å². The number of aromatic nitrogens is 1. The Morgan fingerprint density at radius 1 is 1.38 bits per heavy atom. The molecular weight excluding hydrogens is 228 g/mol. The average Bonchev–Trinajstić information content (AvgIpc) is 1.91. The SMILES string of the molecule is F[B-](F)(F)Cc1ccncc1Cl.[K+]. The van der Waals surface area contributed by atoms with Gasteiger partial charge in [-0.3, -0.25) is 4.98 Å². The van der Waals surface area contributed by atoms with E-state index in [-0.39, 0.29) is 62.0 Å². The maximum Gasteiger partial charge on any atom is 1.00 e. The summed E-state index contributed by atoms with van der Waals surface area (Å²) in [6.07, 6.45) is 1.56. The molecule has 0 unspecified atom stereocenters. The molecule has 0 radical (unpaired) electrons. The normalized spacial score (nSPS) is 10.8. The first-order valence-corrected chi connectivity index (χ1v) is 3.66. The van der Waals surface area contributed by atoms with Crippen LogP contribution in [0.1, 0.15) is 5.56 Å². The molecular formula is C6H5BClF3KN. The average molecular weight is 233 g/mol. The van der Waals surface area contributed by atoms with E-state index in [0.29, 0.717) is 0 Å². The van der Waals surface area contributed by atoms with E-state index in [4.69, 9.17) is 11.6 Å². The standard InChI is InChI=1S/C6H5BClF3N.K/c8-6-4-12-2-1-5(6)3-7(9,10)11;/h1-2,4H,3H2;/q-1;+1. The molecule has 0 aliphatic carbocycles. The Morgan fingerprint density at radius 2 is 2.00 bits per heavy atom. The first-order valence-electron chi connectivity index (χ1n) is 3.28. The zero-order valence-electron chi connectivity index (χ0n) is 6.98. The first-order chi connectivity index (χ1) is 5.49. The number of pyridine rings is 1. The fourth-order valence-corrected chi connectivity index (χ4v) is 1.02. The van der Waals surface area contributed by atoms with Gasteiger partial charge in [-0.05, 0) is 6.07 Å². The second-order valence-corrected chi connectivity index (χ2v) is 2.79. The Balaban J connectivity index is 0.00000144. The minimum atomic E-state index is -4.81. The molecule has 1 nitrogen and oxygen atoms in total. The van der Waals surface area contributed by atoms with E-state index in [1.807, 2.05) is 0 Å². The Bertz CT molecular complexity index is 281. The molecule has 7 heteroatoms. The van der Waals surface area contributed by atoms with Crippen LogP contribution in [0.15, 0.2) is 18.5 Å². The maximum atomic E-state index is 11.9. The van der Waals surface area contributed by atoms with Gasteiger partial charge in [0.15, 0.2) is 0 Å². The van der Waals surface area contributed by atoms with Crippen LogP contribution in [-0.4, -0.2) is 12.0 Å². The number of nitrogens with zero attached hydrogens (tertiary/aromatic N) is 1. The summed E-state index contributed by atoms with van der Waals surface area (Å²) in [7, 11) is 0. The Kier molecular flexibility index (Phi) is 6.14. The van der Waals surface area contributed by atoms with Crippen LogP contribution >= 0.6 is 11.6 Å². The molecule has 0 bridgehead atoms. The molecule has 1 aromatic heterocycles. The molecule has 1 heterocycles. The van der Waals surface area contributed by atoms with E-state index in [0.717, 1.165) is 0 Å². The molecule has 66 valence electrons. The third kappa shape index (κ3) is 5.39. The van der Waals surface area contributed by atoms with Gasteiger partial charge in [0.2, 0.25) is 0 Å². The predicted molar refractivity (Wildman–Crippen MR) is 42.0 cm³/mol. The van der Waals surface area contributed by atoms with Crippen molar-refractivity contribution in [2.75, 3.05) is 0 Å². The van der Waals surface area contributed by atoms with Crippen molar-refractivity contribution in [2.24, 2.45) is 0 Å². The van der Waals surface area contributed by atoms with Gasteiger partial charge in [-0.2, -0.15) is 0 Å². The minimum Gasteiger partial charge on any atom is -0.449 e. The van der Waals surface area contributed by atoms with Crippen molar-refractivity contribution in [1.29, 1.82) is 0 Å². The summed E-state index contributed by atoms with van der Waals surface area (Å²) >= 11 is 5.48. The molecule has 0 atom stereocenters. The van der Waals surface area contributed by atoms with Crippen molar-refractivity contribution < 1.29 is 64.3 Å². The van der Waals surface area contributed by atoms with E-state index >= 15 is 0 Å². The summed E-state index contributed by atoms with van der Waals surface area (Å²) in [5.74, 6) is 0. The van der Waals surface area contributed by atoms with Crippen LogP contribution < -0.4 is 51.4 Å². The summed E-state index contributed by atoms with van der Waals surface area (Å²) in [6, 6.07) is 1.28. The molecule has 0 fully saturated rings. The molecule has 0 saturated heterocycles. The monoisotopic (exact) mass is 233 g/mol. The van der Waals surface area contributed by atoms with Crippen LogP contribution in [0.4, 0.5) is 12.9 Å². The molecule has 0 aliphatic rings. The Labute approximate surface area is 122 Å². The molecule has 0 aliphatic heterocycles. The number of hydrogen-bond acceptors (Lipinski definition) is 1. The molecule has 13 heavy (non-hydrogen) atoms. The first kappa shape index (κ1) is 13.9. The summed E-state index contributed by atoms with van der Waals surface area (Å²) in [5.41, 5.74) is 0.0826. The fourth-order valence-electron chi connectivity index (χ4n) is 0.819. The second kappa shape index (κ2) is 5.73. The summed E-state index contributed by atoms with van der Waals surface area (Å²) in [6.45, 7) is -4.81. The summed E-state index contributed by atoms with van der Waals surface area (Å²) < 4.78 is 35.7. The van der Waals surface area contributed by atoms with Crippen LogP contribution in [-0.2, 0) is 6.32 Å². The smallest absolute Gasteiger partial charge is 0.449 e. The predicted octanol–water partition coefficient (Wildman–Crippen LogP) is -0.332. The summed E-state index contributed by atoms with van der Waals surface area (Å²) in [5, 5.41) is 0.0664. The van der Waals surface area contributed by atoms with E-state index in [1.165, 1.54) is 18.5 Å². The Hall–Kier alpha value is 0.931. The van der Waals surface area contributed by atoms with Crippen LogP contribution in [0, 0.1) is 0 Å². The molecule has 0 saturated carbocycles. The van der Waals surface area contributed by atoms with E-state index in [9.17, 15) is 12.9 Å². The van der Waals surface area contributed by atoms with Gasteiger partial charge in [-0.1, -0.05) is 23.5 Å². The maximum absolute atomic E-state index is 11.9. The van der Waals surface area contributed by atoms with Crippen molar-refractivity contribution in [3.8, 4) is 0 Å². The minimum absolute atomic E-state index is 0. The van der Waals surface area contributed by atoms with Crippen LogP contribution in [0.5, 0.6) is 0 Å².